The monoisotopic (exact) mass is 432 g/mol. The van der Waals surface area contributed by atoms with Gasteiger partial charge in [-0.05, 0) is 43.4 Å². The Labute approximate surface area is 178 Å². The van der Waals surface area contributed by atoms with Gasteiger partial charge in [-0.2, -0.15) is 0 Å². The van der Waals surface area contributed by atoms with Crippen LogP contribution in [0, 0.1) is 0 Å². The summed E-state index contributed by atoms with van der Waals surface area (Å²) < 4.78 is 10.1. The largest absolute Gasteiger partial charge is 0.497 e. The van der Waals surface area contributed by atoms with E-state index in [0.717, 1.165) is 42.5 Å². The van der Waals surface area contributed by atoms with Crippen molar-refractivity contribution >= 4 is 39.8 Å². The number of benzene rings is 1. The van der Waals surface area contributed by atoms with Crippen LogP contribution in [-0.4, -0.2) is 43.2 Å². The van der Waals surface area contributed by atoms with Crippen LogP contribution in [0.3, 0.4) is 0 Å². The molecule has 2 aromatic rings. The third-order valence-electron chi connectivity index (χ3n) is 4.69. The summed E-state index contributed by atoms with van der Waals surface area (Å²) in [5.41, 5.74) is 2.03. The van der Waals surface area contributed by atoms with E-state index < -0.39 is 25.1 Å². The highest BCUT2D eigenvalue weighted by molar-refractivity contribution is 7.17. The lowest BCUT2D eigenvalue weighted by Gasteiger charge is -2.11. The number of carbonyl (C=O) groups excluding carboxylic acids is 2. The molecule has 0 spiro atoms. The molecule has 3 N–H and O–H groups in total. The third-order valence-corrected chi connectivity index (χ3v) is 5.89. The number of carboxylic acids is 1. The first kappa shape index (κ1) is 21.8. The van der Waals surface area contributed by atoms with Crippen LogP contribution in [0.4, 0.5) is 10.7 Å². The third kappa shape index (κ3) is 5.58. The Hall–Kier alpha value is -2.91. The molecule has 160 valence electrons. The number of hydrogen-bond acceptors (Lipinski definition) is 6. The van der Waals surface area contributed by atoms with Gasteiger partial charge in [0.05, 0.1) is 12.7 Å². The second kappa shape index (κ2) is 10.2. The van der Waals surface area contributed by atoms with Crippen LogP contribution in [0.1, 0.15) is 40.1 Å². The number of hydrogen-bond donors (Lipinski definition) is 3. The summed E-state index contributed by atoms with van der Waals surface area (Å²) in [5, 5.41) is 14.7. The van der Waals surface area contributed by atoms with Crippen molar-refractivity contribution in [3.63, 3.8) is 0 Å². The molecule has 1 aromatic heterocycles. The molecular weight excluding hydrogens is 408 g/mol. The van der Waals surface area contributed by atoms with Crippen LogP contribution in [0.15, 0.2) is 24.3 Å². The number of thiophene rings is 1. The van der Waals surface area contributed by atoms with Crippen LogP contribution < -0.4 is 15.4 Å². The Balaban J connectivity index is 1.83. The van der Waals surface area contributed by atoms with E-state index in [1.54, 1.807) is 31.4 Å². The maximum atomic E-state index is 13.2. The number of ether oxygens (including phenoxy) is 2. The van der Waals surface area contributed by atoms with Crippen molar-refractivity contribution < 1.29 is 29.0 Å². The van der Waals surface area contributed by atoms with E-state index in [9.17, 15) is 14.4 Å². The maximum Gasteiger partial charge on any atom is 0.329 e. The fourth-order valence-corrected chi connectivity index (χ4v) is 4.66. The zero-order valence-electron chi connectivity index (χ0n) is 16.7. The summed E-state index contributed by atoms with van der Waals surface area (Å²) >= 11 is 1.40. The second-order valence-electron chi connectivity index (χ2n) is 6.89. The van der Waals surface area contributed by atoms with E-state index in [1.165, 1.54) is 11.3 Å². The Morgan fingerprint density at radius 2 is 1.90 bits per heavy atom. The van der Waals surface area contributed by atoms with Gasteiger partial charge >= 0.3 is 5.97 Å². The Kier molecular flexibility index (Phi) is 7.42. The number of amides is 2. The Morgan fingerprint density at radius 1 is 1.10 bits per heavy atom. The first-order valence-electron chi connectivity index (χ1n) is 9.67. The molecule has 9 heteroatoms. The number of rotatable bonds is 8. The number of nitrogens with one attached hydrogen (secondary N) is 2. The van der Waals surface area contributed by atoms with Crippen LogP contribution in [0.5, 0.6) is 5.75 Å². The molecule has 0 unspecified atom stereocenters. The molecule has 1 aliphatic carbocycles. The number of carbonyl (C=O) groups is 3. The van der Waals surface area contributed by atoms with Crippen LogP contribution in [-0.2, 0) is 27.2 Å². The van der Waals surface area contributed by atoms with E-state index in [1.807, 2.05) is 0 Å². The highest BCUT2D eigenvalue weighted by atomic mass is 32.1. The van der Waals surface area contributed by atoms with E-state index in [4.69, 9.17) is 14.6 Å². The normalized spacial score (nSPS) is 13.1. The SMILES string of the molecule is COc1cccc(NC(=O)c2c(NC(=O)COCC(=O)O)sc3c2CCCCC3)c1. The van der Waals surface area contributed by atoms with Crippen LogP contribution >= 0.6 is 11.3 Å². The van der Waals surface area contributed by atoms with Gasteiger partial charge in [0.15, 0.2) is 0 Å². The summed E-state index contributed by atoms with van der Waals surface area (Å²) in [6.07, 6.45) is 4.77. The van der Waals surface area contributed by atoms with Gasteiger partial charge < -0.3 is 25.2 Å². The highest BCUT2D eigenvalue weighted by Crippen LogP contribution is 2.38. The molecule has 0 atom stereocenters. The van der Waals surface area contributed by atoms with Crippen molar-refractivity contribution in [2.75, 3.05) is 31.0 Å². The summed E-state index contributed by atoms with van der Waals surface area (Å²) in [4.78, 5) is 37.0. The van der Waals surface area contributed by atoms with Crippen molar-refractivity contribution in [1.29, 1.82) is 0 Å². The molecular formula is C21H24N2O6S. The quantitative estimate of drug-likeness (QED) is 0.552. The summed E-state index contributed by atoms with van der Waals surface area (Å²) in [5.74, 6) is -1.32. The van der Waals surface area contributed by atoms with E-state index in [2.05, 4.69) is 10.6 Å². The van der Waals surface area contributed by atoms with Crippen molar-refractivity contribution in [2.45, 2.75) is 32.1 Å². The summed E-state index contributed by atoms with van der Waals surface area (Å²) in [7, 11) is 1.56. The molecule has 1 aliphatic rings. The van der Waals surface area contributed by atoms with Crippen molar-refractivity contribution in [3.05, 3.63) is 40.3 Å². The maximum absolute atomic E-state index is 13.2. The average Bonchev–Trinajstić information content (AvgIpc) is 2.88. The summed E-state index contributed by atoms with van der Waals surface area (Å²) in [6, 6.07) is 7.06. The van der Waals surface area contributed by atoms with Gasteiger partial charge in [0.1, 0.15) is 24.0 Å². The molecule has 2 amide bonds. The van der Waals surface area contributed by atoms with E-state index in [0.29, 0.717) is 22.0 Å². The minimum atomic E-state index is -1.15. The number of aryl methyl sites for hydroxylation is 1. The van der Waals surface area contributed by atoms with Gasteiger partial charge in [-0.25, -0.2) is 4.79 Å². The molecule has 0 bridgehead atoms. The second-order valence-corrected chi connectivity index (χ2v) is 7.99. The van der Waals surface area contributed by atoms with Gasteiger partial charge in [-0.1, -0.05) is 12.5 Å². The molecule has 0 aliphatic heterocycles. The number of fused-ring (bicyclic) bond motifs is 1. The molecule has 30 heavy (non-hydrogen) atoms. The van der Waals surface area contributed by atoms with E-state index >= 15 is 0 Å². The van der Waals surface area contributed by atoms with Gasteiger partial charge in [-0.15, -0.1) is 11.3 Å². The minimum Gasteiger partial charge on any atom is -0.497 e. The lowest BCUT2D eigenvalue weighted by atomic mass is 10.0. The first-order valence-corrected chi connectivity index (χ1v) is 10.5. The molecule has 0 saturated heterocycles. The standard InChI is InChI=1S/C21H24N2O6S/c1-28-14-7-5-6-13(10-14)22-20(27)19-15-8-3-2-4-9-16(15)30-21(19)23-17(24)11-29-12-18(25)26/h5-7,10H,2-4,8-9,11-12H2,1H3,(H,22,27)(H,23,24)(H,25,26). The molecule has 8 nitrogen and oxygen atoms in total. The highest BCUT2D eigenvalue weighted by Gasteiger charge is 2.26. The lowest BCUT2D eigenvalue weighted by molar-refractivity contribution is -0.143. The topological polar surface area (TPSA) is 114 Å². The molecule has 0 radical (unpaired) electrons. The number of anilines is 2. The summed E-state index contributed by atoms with van der Waals surface area (Å²) in [6.45, 7) is -0.955. The van der Waals surface area contributed by atoms with Crippen molar-refractivity contribution in [1.82, 2.24) is 0 Å². The first-order chi connectivity index (χ1) is 14.5. The Bertz CT molecular complexity index is 940. The minimum absolute atomic E-state index is 0.301. The fourth-order valence-electron chi connectivity index (χ4n) is 3.36. The Morgan fingerprint density at radius 3 is 2.67 bits per heavy atom. The zero-order valence-corrected chi connectivity index (χ0v) is 17.5. The van der Waals surface area contributed by atoms with Gasteiger partial charge in [-0.3, -0.25) is 9.59 Å². The predicted molar refractivity (Wildman–Crippen MR) is 114 cm³/mol. The number of methoxy groups -OCH3 is 1. The molecule has 0 saturated carbocycles. The van der Waals surface area contributed by atoms with Gasteiger partial charge in [0, 0.05) is 16.6 Å². The molecule has 3 rings (SSSR count). The van der Waals surface area contributed by atoms with Gasteiger partial charge in [0.2, 0.25) is 0 Å². The molecule has 1 heterocycles. The zero-order chi connectivity index (χ0) is 21.5. The molecule has 1 aromatic carbocycles. The average molecular weight is 432 g/mol. The van der Waals surface area contributed by atoms with Crippen LogP contribution in [0.2, 0.25) is 0 Å². The number of carboxylic acid groups (broad SMARTS) is 1. The van der Waals surface area contributed by atoms with Crippen LogP contribution in [0.25, 0.3) is 0 Å². The van der Waals surface area contributed by atoms with Gasteiger partial charge in [0.25, 0.3) is 11.8 Å². The number of aliphatic carboxylic acids is 1. The van der Waals surface area contributed by atoms with Crippen molar-refractivity contribution in [2.24, 2.45) is 0 Å². The smallest absolute Gasteiger partial charge is 0.329 e. The fraction of sp³-hybridized carbons (Fsp3) is 0.381. The lowest BCUT2D eigenvalue weighted by Crippen LogP contribution is -2.22. The van der Waals surface area contributed by atoms with Crippen molar-refractivity contribution in [3.8, 4) is 5.75 Å². The molecule has 0 fully saturated rings. The predicted octanol–water partition coefficient (Wildman–Crippen LogP) is 3.32. The van der Waals surface area contributed by atoms with E-state index in [-0.39, 0.29) is 5.91 Å².